The Morgan fingerprint density at radius 1 is 1.22 bits per heavy atom. The van der Waals surface area contributed by atoms with Crippen LogP contribution in [0.25, 0.3) is 0 Å². The van der Waals surface area contributed by atoms with E-state index in [1.807, 2.05) is 0 Å². The van der Waals surface area contributed by atoms with Gasteiger partial charge in [0.2, 0.25) is 0 Å². The van der Waals surface area contributed by atoms with Crippen LogP contribution in [0.4, 0.5) is 0 Å². The molecule has 0 radical (unpaired) electrons. The average molecular weight is 258 g/mol. The van der Waals surface area contributed by atoms with Gasteiger partial charge in [-0.05, 0) is 12.8 Å². The van der Waals surface area contributed by atoms with Crippen molar-refractivity contribution in [2.45, 2.75) is 69.9 Å². The van der Waals surface area contributed by atoms with Gasteiger partial charge in [0.25, 0.3) is 0 Å². The summed E-state index contributed by atoms with van der Waals surface area (Å²) in [7, 11) is 0. The van der Waals surface area contributed by atoms with Gasteiger partial charge in [-0.25, -0.2) is 0 Å². The van der Waals surface area contributed by atoms with Crippen molar-refractivity contribution in [3.63, 3.8) is 0 Å². The van der Waals surface area contributed by atoms with Crippen molar-refractivity contribution in [1.29, 1.82) is 0 Å². The maximum atomic E-state index is 9.98. The lowest BCUT2D eigenvalue weighted by Crippen LogP contribution is -2.46. The average Bonchev–Trinajstić information content (AvgIpc) is 2.82. The Hall–Kier alpha value is -0.160. The Labute approximate surface area is 110 Å². The number of hydrogen-bond acceptors (Lipinski definition) is 4. The quantitative estimate of drug-likeness (QED) is 0.742. The number of rotatable bonds is 6. The second kappa shape index (κ2) is 6.85. The summed E-state index contributed by atoms with van der Waals surface area (Å²) in [5.74, 6) is -0.465. The van der Waals surface area contributed by atoms with E-state index in [2.05, 4.69) is 6.92 Å². The molecule has 1 aliphatic carbocycles. The molecule has 0 aromatic heterocycles. The SMILES string of the molecule is CCCCCCOC1CC2(CCC1O)OCCO2. The van der Waals surface area contributed by atoms with Crippen LogP contribution in [-0.4, -0.2) is 42.9 Å². The minimum absolute atomic E-state index is 0.126. The zero-order valence-corrected chi connectivity index (χ0v) is 11.4. The van der Waals surface area contributed by atoms with Gasteiger partial charge in [0, 0.05) is 19.4 Å². The number of hydrogen-bond donors (Lipinski definition) is 1. The second-order valence-electron chi connectivity index (χ2n) is 5.39. The first-order valence-electron chi connectivity index (χ1n) is 7.33. The van der Waals surface area contributed by atoms with Gasteiger partial charge in [-0.15, -0.1) is 0 Å². The van der Waals surface area contributed by atoms with Gasteiger partial charge < -0.3 is 19.3 Å². The van der Waals surface area contributed by atoms with E-state index in [9.17, 15) is 5.11 Å². The van der Waals surface area contributed by atoms with Crippen molar-refractivity contribution < 1.29 is 19.3 Å². The van der Waals surface area contributed by atoms with Crippen molar-refractivity contribution in [2.24, 2.45) is 0 Å². The molecule has 1 heterocycles. The molecule has 1 aliphatic heterocycles. The highest BCUT2D eigenvalue weighted by atomic mass is 16.7. The highest BCUT2D eigenvalue weighted by Crippen LogP contribution is 2.37. The van der Waals surface area contributed by atoms with E-state index in [4.69, 9.17) is 14.2 Å². The van der Waals surface area contributed by atoms with Crippen molar-refractivity contribution in [3.05, 3.63) is 0 Å². The Kier molecular flexibility index (Phi) is 5.42. The summed E-state index contributed by atoms with van der Waals surface area (Å²) < 4.78 is 17.2. The summed E-state index contributed by atoms with van der Waals surface area (Å²) in [5.41, 5.74) is 0. The number of aliphatic hydroxyl groups is 1. The van der Waals surface area contributed by atoms with Crippen LogP contribution < -0.4 is 0 Å². The fraction of sp³-hybridized carbons (Fsp3) is 1.00. The molecule has 2 fully saturated rings. The van der Waals surface area contributed by atoms with Crippen LogP contribution in [0.1, 0.15) is 51.9 Å². The summed E-state index contributed by atoms with van der Waals surface area (Å²) in [6, 6.07) is 0. The predicted octanol–water partition coefficient (Wildman–Crippen LogP) is 2.24. The van der Waals surface area contributed by atoms with E-state index in [0.717, 1.165) is 19.4 Å². The van der Waals surface area contributed by atoms with E-state index in [0.29, 0.717) is 26.1 Å². The molecule has 0 amide bonds. The number of ether oxygens (including phenoxy) is 3. The topological polar surface area (TPSA) is 47.9 Å². The molecule has 4 heteroatoms. The first-order valence-corrected chi connectivity index (χ1v) is 7.33. The molecule has 1 saturated carbocycles. The summed E-state index contributed by atoms with van der Waals surface area (Å²) in [5, 5.41) is 9.98. The maximum absolute atomic E-state index is 9.98. The molecule has 106 valence electrons. The van der Waals surface area contributed by atoms with Crippen LogP contribution in [0.2, 0.25) is 0 Å². The third-order valence-corrected chi connectivity index (χ3v) is 3.91. The van der Waals surface area contributed by atoms with Crippen molar-refractivity contribution in [2.75, 3.05) is 19.8 Å². The van der Waals surface area contributed by atoms with E-state index >= 15 is 0 Å². The van der Waals surface area contributed by atoms with Gasteiger partial charge in [-0.1, -0.05) is 26.2 Å². The van der Waals surface area contributed by atoms with E-state index in [-0.39, 0.29) is 12.2 Å². The minimum atomic E-state index is -0.465. The first kappa shape index (κ1) is 14.3. The Bertz CT molecular complexity index is 238. The van der Waals surface area contributed by atoms with Crippen molar-refractivity contribution >= 4 is 0 Å². The van der Waals surface area contributed by atoms with Crippen LogP contribution in [0.3, 0.4) is 0 Å². The van der Waals surface area contributed by atoms with Gasteiger partial charge in [-0.3, -0.25) is 0 Å². The number of aliphatic hydroxyl groups excluding tert-OH is 1. The minimum Gasteiger partial charge on any atom is -0.390 e. The summed E-state index contributed by atoms with van der Waals surface area (Å²) in [6.07, 6.45) is 6.44. The summed E-state index contributed by atoms with van der Waals surface area (Å²) in [4.78, 5) is 0. The van der Waals surface area contributed by atoms with E-state index < -0.39 is 5.79 Å². The Morgan fingerprint density at radius 2 is 2.00 bits per heavy atom. The lowest BCUT2D eigenvalue weighted by atomic mass is 9.89. The molecule has 1 N–H and O–H groups in total. The molecule has 18 heavy (non-hydrogen) atoms. The molecule has 1 saturated heterocycles. The largest absolute Gasteiger partial charge is 0.390 e. The fourth-order valence-electron chi connectivity index (χ4n) is 2.79. The molecule has 0 aromatic rings. The van der Waals surface area contributed by atoms with Gasteiger partial charge in [0.05, 0.1) is 25.4 Å². The van der Waals surface area contributed by atoms with Crippen LogP contribution >= 0.6 is 0 Å². The third kappa shape index (κ3) is 3.67. The highest BCUT2D eigenvalue weighted by molar-refractivity contribution is 4.88. The van der Waals surface area contributed by atoms with Crippen LogP contribution in [0, 0.1) is 0 Å². The van der Waals surface area contributed by atoms with Crippen molar-refractivity contribution in [3.8, 4) is 0 Å². The van der Waals surface area contributed by atoms with Crippen molar-refractivity contribution in [1.82, 2.24) is 0 Å². The van der Waals surface area contributed by atoms with Crippen LogP contribution in [0.15, 0.2) is 0 Å². The van der Waals surface area contributed by atoms with Gasteiger partial charge in [0.15, 0.2) is 5.79 Å². The lowest BCUT2D eigenvalue weighted by molar-refractivity contribution is -0.221. The standard InChI is InChI=1S/C14H26O4/c1-2-3-4-5-8-16-13-11-14(7-6-12(13)15)17-9-10-18-14/h12-13,15H,2-11H2,1H3. The lowest BCUT2D eigenvalue weighted by Gasteiger charge is -2.38. The highest BCUT2D eigenvalue weighted by Gasteiger charge is 2.45. The molecule has 2 rings (SSSR count). The monoisotopic (exact) mass is 258 g/mol. The third-order valence-electron chi connectivity index (χ3n) is 3.91. The molecule has 2 unspecified atom stereocenters. The molecule has 2 atom stereocenters. The molecule has 1 spiro atoms. The van der Waals surface area contributed by atoms with Crippen LogP contribution in [0.5, 0.6) is 0 Å². The molecular weight excluding hydrogens is 232 g/mol. The van der Waals surface area contributed by atoms with Gasteiger partial charge in [-0.2, -0.15) is 0 Å². The van der Waals surface area contributed by atoms with Crippen LogP contribution in [-0.2, 0) is 14.2 Å². The normalized spacial score (nSPS) is 31.0. The van der Waals surface area contributed by atoms with Gasteiger partial charge >= 0.3 is 0 Å². The predicted molar refractivity (Wildman–Crippen MR) is 68.4 cm³/mol. The second-order valence-corrected chi connectivity index (χ2v) is 5.39. The van der Waals surface area contributed by atoms with E-state index in [1.165, 1.54) is 19.3 Å². The first-order chi connectivity index (χ1) is 8.76. The fourth-order valence-corrected chi connectivity index (χ4v) is 2.79. The molecule has 2 aliphatic rings. The maximum Gasteiger partial charge on any atom is 0.171 e. The molecule has 4 nitrogen and oxygen atoms in total. The molecule has 0 aromatic carbocycles. The summed E-state index contributed by atoms with van der Waals surface area (Å²) >= 11 is 0. The Balaban J connectivity index is 1.72. The zero-order valence-electron chi connectivity index (χ0n) is 11.4. The molecule has 0 bridgehead atoms. The Morgan fingerprint density at radius 3 is 2.72 bits per heavy atom. The van der Waals surface area contributed by atoms with Gasteiger partial charge in [0.1, 0.15) is 0 Å². The summed E-state index contributed by atoms with van der Waals surface area (Å²) in [6.45, 7) is 4.26. The number of unbranched alkanes of at least 4 members (excludes halogenated alkanes) is 3. The smallest absolute Gasteiger partial charge is 0.171 e. The van der Waals surface area contributed by atoms with E-state index in [1.54, 1.807) is 0 Å². The molecular formula is C14H26O4. The zero-order chi connectivity index (χ0) is 12.8.